The van der Waals surface area contributed by atoms with Gasteiger partial charge in [-0.2, -0.15) is 13.2 Å². The van der Waals surface area contributed by atoms with Crippen LogP contribution in [0.5, 0.6) is 0 Å². The van der Waals surface area contributed by atoms with Gasteiger partial charge in [-0.15, -0.1) is 22.7 Å². The molecule has 3 N–H and O–H groups in total. The molecule has 0 fully saturated rings. The van der Waals surface area contributed by atoms with Gasteiger partial charge in [-0.05, 0) is 30.7 Å². The number of carbonyl (C=O) groups excluding carboxylic acids is 2. The third kappa shape index (κ3) is 3.40. The predicted molar refractivity (Wildman–Crippen MR) is 89.1 cm³/mol. The monoisotopic (exact) mass is 389 g/mol. The molecular weight excluding hydrogens is 375 g/mol. The number of hydrogen-bond acceptors (Lipinski definition) is 5. The Balaban J connectivity index is 1.95. The summed E-state index contributed by atoms with van der Waals surface area (Å²) in [6, 6.07) is 0. The fraction of sp³-hybridized carbons (Fsp3) is 0.400. The van der Waals surface area contributed by atoms with Crippen molar-refractivity contribution < 1.29 is 22.8 Å². The van der Waals surface area contributed by atoms with Gasteiger partial charge in [-0.25, -0.2) is 4.98 Å². The van der Waals surface area contributed by atoms with Crippen molar-refractivity contribution in [2.75, 3.05) is 5.32 Å². The van der Waals surface area contributed by atoms with Crippen LogP contribution in [0.25, 0.3) is 0 Å². The molecule has 3 rings (SSSR count). The lowest BCUT2D eigenvalue weighted by atomic mass is 9.88. The highest BCUT2D eigenvalue weighted by molar-refractivity contribution is 7.17. The van der Waals surface area contributed by atoms with E-state index in [1.165, 1.54) is 11.3 Å². The van der Waals surface area contributed by atoms with Crippen molar-refractivity contribution in [1.29, 1.82) is 0 Å². The molecule has 0 saturated carbocycles. The number of thiazole rings is 1. The molecule has 2 amide bonds. The zero-order valence-corrected chi connectivity index (χ0v) is 14.7. The largest absolute Gasteiger partial charge is 0.434 e. The van der Waals surface area contributed by atoms with Gasteiger partial charge in [-0.1, -0.05) is 6.92 Å². The van der Waals surface area contributed by atoms with Crippen LogP contribution in [0.1, 0.15) is 49.5 Å². The Labute approximate surface area is 149 Å². The van der Waals surface area contributed by atoms with Crippen molar-refractivity contribution in [2.24, 2.45) is 11.7 Å². The van der Waals surface area contributed by atoms with Gasteiger partial charge >= 0.3 is 6.18 Å². The number of alkyl halides is 3. The first-order valence-corrected chi connectivity index (χ1v) is 9.14. The van der Waals surface area contributed by atoms with E-state index in [4.69, 9.17) is 5.73 Å². The summed E-state index contributed by atoms with van der Waals surface area (Å²) >= 11 is 1.80. The van der Waals surface area contributed by atoms with Gasteiger partial charge in [0.05, 0.1) is 11.1 Å². The summed E-state index contributed by atoms with van der Waals surface area (Å²) in [5, 5.41) is 2.63. The minimum Gasteiger partial charge on any atom is -0.365 e. The molecule has 10 heteroatoms. The number of primary amides is 1. The summed E-state index contributed by atoms with van der Waals surface area (Å²) < 4.78 is 38.7. The Hall–Kier alpha value is -1.94. The summed E-state index contributed by atoms with van der Waals surface area (Å²) in [5.74, 6) is -1.19. The summed E-state index contributed by atoms with van der Waals surface area (Å²) in [7, 11) is 0. The highest BCUT2D eigenvalue weighted by Gasteiger charge is 2.39. The van der Waals surface area contributed by atoms with Crippen LogP contribution in [0.3, 0.4) is 0 Å². The van der Waals surface area contributed by atoms with Crippen molar-refractivity contribution in [3.63, 3.8) is 0 Å². The third-order valence-electron chi connectivity index (χ3n) is 4.03. The molecule has 25 heavy (non-hydrogen) atoms. The number of anilines is 1. The molecule has 0 bridgehead atoms. The molecule has 0 aromatic carbocycles. The van der Waals surface area contributed by atoms with Gasteiger partial charge in [-0.3, -0.25) is 9.59 Å². The van der Waals surface area contributed by atoms with Crippen molar-refractivity contribution >= 4 is 39.5 Å². The second kappa shape index (κ2) is 6.41. The maximum Gasteiger partial charge on any atom is 0.434 e. The highest BCUT2D eigenvalue weighted by atomic mass is 32.1. The number of thiophene rings is 1. The molecule has 2 aromatic rings. The fourth-order valence-corrected chi connectivity index (χ4v) is 4.98. The van der Waals surface area contributed by atoms with Crippen LogP contribution in [0, 0.1) is 5.92 Å². The summed E-state index contributed by atoms with van der Waals surface area (Å²) in [5.41, 5.74) is 6.18. The molecule has 2 heterocycles. The number of fused-ring (bicyclic) bond motifs is 1. The summed E-state index contributed by atoms with van der Waals surface area (Å²) in [4.78, 5) is 27.8. The molecule has 0 spiro atoms. The molecule has 1 atom stereocenters. The van der Waals surface area contributed by atoms with E-state index in [0.717, 1.165) is 28.8 Å². The van der Waals surface area contributed by atoms with E-state index in [-0.39, 0.29) is 10.6 Å². The van der Waals surface area contributed by atoms with E-state index in [9.17, 15) is 22.8 Å². The number of aromatic nitrogens is 1. The number of nitrogens with one attached hydrogen (secondary N) is 1. The Morgan fingerprint density at radius 3 is 2.76 bits per heavy atom. The Bertz CT molecular complexity index is 842. The van der Waals surface area contributed by atoms with E-state index < -0.39 is 28.6 Å². The quantitative estimate of drug-likeness (QED) is 0.839. The lowest BCUT2D eigenvalue weighted by Crippen LogP contribution is -2.20. The number of halogens is 3. The average Bonchev–Trinajstić information content (AvgIpc) is 3.09. The second-order valence-electron chi connectivity index (χ2n) is 5.90. The maximum atomic E-state index is 12.9. The van der Waals surface area contributed by atoms with Crippen LogP contribution in [-0.2, 0) is 19.0 Å². The average molecular weight is 389 g/mol. The number of nitrogens with zero attached hydrogens (tertiary/aromatic N) is 1. The zero-order chi connectivity index (χ0) is 18.4. The normalized spacial score (nSPS) is 17.2. The summed E-state index contributed by atoms with van der Waals surface area (Å²) in [6.07, 6.45) is -2.41. The van der Waals surface area contributed by atoms with Crippen LogP contribution in [-0.4, -0.2) is 16.8 Å². The van der Waals surface area contributed by atoms with Gasteiger partial charge in [0.2, 0.25) is 0 Å². The number of amides is 2. The number of hydrogen-bond donors (Lipinski definition) is 2. The van der Waals surface area contributed by atoms with Crippen LogP contribution in [0.2, 0.25) is 0 Å². The summed E-state index contributed by atoms with van der Waals surface area (Å²) in [6.45, 7) is 2.08. The zero-order valence-electron chi connectivity index (χ0n) is 13.1. The van der Waals surface area contributed by atoms with Crippen molar-refractivity contribution in [2.45, 2.75) is 32.4 Å². The first kappa shape index (κ1) is 17.9. The molecule has 1 unspecified atom stereocenters. The minimum absolute atomic E-state index is 0.207. The van der Waals surface area contributed by atoms with E-state index in [0.29, 0.717) is 23.7 Å². The van der Waals surface area contributed by atoms with Crippen molar-refractivity contribution in [1.82, 2.24) is 4.98 Å². The lowest BCUT2D eigenvalue weighted by Gasteiger charge is -2.18. The van der Waals surface area contributed by atoms with Gasteiger partial charge < -0.3 is 11.1 Å². The molecular formula is C15H14F3N3O2S2. The SMILES string of the molecule is CC1CCc2c(sc(NC(=O)c3scnc3C(F)(F)F)c2C(N)=O)C1. The topological polar surface area (TPSA) is 85.1 Å². The molecule has 1 aliphatic carbocycles. The number of nitrogens with two attached hydrogens (primary N) is 1. The third-order valence-corrected chi connectivity index (χ3v) is 6.02. The Morgan fingerprint density at radius 1 is 1.40 bits per heavy atom. The first-order chi connectivity index (χ1) is 11.7. The van der Waals surface area contributed by atoms with Gasteiger partial charge in [0.1, 0.15) is 9.88 Å². The van der Waals surface area contributed by atoms with Gasteiger partial charge in [0.15, 0.2) is 5.69 Å². The van der Waals surface area contributed by atoms with Crippen LogP contribution in [0.4, 0.5) is 18.2 Å². The van der Waals surface area contributed by atoms with Crippen LogP contribution in [0.15, 0.2) is 5.51 Å². The van der Waals surface area contributed by atoms with E-state index in [1.54, 1.807) is 0 Å². The van der Waals surface area contributed by atoms with Gasteiger partial charge in [0, 0.05) is 4.88 Å². The Kier molecular flexibility index (Phi) is 4.58. The second-order valence-corrected chi connectivity index (χ2v) is 7.86. The van der Waals surface area contributed by atoms with Crippen LogP contribution >= 0.6 is 22.7 Å². The Morgan fingerprint density at radius 2 is 2.12 bits per heavy atom. The van der Waals surface area contributed by atoms with E-state index >= 15 is 0 Å². The minimum atomic E-state index is -4.72. The number of carbonyl (C=O) groups is 2. The van der Waals surface area contributed by atoms with Crippen LogP contribution < -0.4 is 11.1 Å². The first-order valence-electron chi connectivity index (χ1n) is 7.44. The van der Waals surface area contributed by atoms with Crippen molar-refractivity contribution in [3.8, 4) is 0 Å². The van der Waals surface area contributed by atoms with Gasteiger partial charge in [0.25, 0.3) is 11.8 Å². The smallest absolute Gasteiger partial charge is 0.365 e. The highest BCUT2D eigenvalue weighted by Crippen LogP contribution is 2.40. The molecule has 2 aromatic heterocycles. The molecule has 0 saturated heterocycles. The standard InChI is InChI=1S/C15H14F3N3O2S2/c1-6-2-3-7-8(4-6)25-14(9(7)12(19)22)21-13(23)10-11(15(16,17)18)20-5-24-10/h5-6H,2-4H2,1H3,(H2,19,22)(H,21,23). The lowest BCUT2D eigenvalue weighted by molar-refractivity contribution is -0.141. The molecule has 0 aliphatic heterocycles. The fourth-order valence-electron chi connectivity index (χ4n) is 2.87. The van der Waals surface area contributed by atoms with E-state index in [1.807, 2.05) is 0 Å². The van der Waals surface area contributed by atoms with Crippen molar-refractivity contribution in [3.05, 3.63) is 32.1 Å². The molecule has 5 nitrogen and oxygen atoms in total. The maximum absolute atomic E-state index is 12.9. The molecule has 134 valence electrons. The molecule has 1 aliphatic rings. The van der Waals surface area contributed by atoms with E-state index in [2.05, 4.69) is 17.2 Å². The number of rotatable bonds is 3. The predicted octanol–water partition coefficient (Wildman–Crippen LogP) is 3.70. The molecule has 0 radical (unpaired) electrons.